The zero-order valence-electron chi connectivity index (χ0n) is 23.5. The quantitative estimate of drug-likeness (QED) is 0.166. The first kappa shape index (κ1) is 29.3. The highest BCUT2D eigenvalue weighted by Gasteiger charge is 2.12. The number of nitrogens with two attached hydrogens (primary N) is 2. The van der Waals surface area contributed by atoms with Gasteiger partial charge in [0.1, 0.15) is 0 Å². The number of nitrogen functional groups attached to an aromatic ring is 2. The molecule has 0 atom stereocenters. The molecule has 2 aromatic carbocycles. The lowest BCUT2D eigenvalue weighted by molar-refractivity contribution is 0.708. The van der Waals surface area contributed by atoms with Crippen LogP contribution in [0.1, 0.15) is 138 Å². The summed E-state index contributed by atoms with van der Waals surface area (Å²) in [5.74, 6) is 0. The lowest BCUT2D eigenvalue weighted by atomic mass is 9.90. The van der Waals surface area contributed by atoms with Crippen molar-refractivity contribution in [3.63, 3.8) is 0 Å². The molecule has 2 nitrogen and oxygen atoms in total. The Bertz CT molecular complexity index is 734. The van der Waals surface area contributed by atoms with Gasteiger partial charge in [0, 0.05) is 11.4 Å². The summed E-state index contributed by atoms with van der Waals surface area (Å²) in [5.41, 5.74) is 23.8. The van der Waals surface area contributed by atoms with Gasteiger partial charge in [0.2, 0.25) is 0 Å². The third kappa shape index (κ3) is 9.90. The van der Waals surface area contributed by atoms with Gasteiger partial charge in [-0.3, -0.25) is 0 Å². The molecule has 0 saturated carbocycles. The third-order valence-electron chi connectivity index (χ3n) is 7.43. The van der Waals surface area contributed by atoms with E-state index in [2.05, 4.69) is 52.0 Å². The Balaban J connectivity index is 2.36. The first-order valence-electron chi connectivity index (χ1n) is 14.8. The molecule has 2 heteroatoms. The second-order valence-corrected chi connectivity index (χ2v) is 10.7. The van der Waals surface area contributed by atoms with Crippen molar-refractivity contribution in [3.05, 3.63) is 57.6 Å². The van der Waals surface area contributed by atoms with Gasteiger partial charge in [-0.15, -0.1) is 0 Å². The maximum absolute atomic E-state index is 6.70. The lowest BCUT2D eigenvalue weighted by Crippen LogP contribution is -2.06. The highest BCUT2D eigenvalue weighted by atomic mass is 14.6. The Kier molecular flexibility index (Phi) is 13.9. The molecule has 0 unspecified atom stereocenters. The third-order valence-corrected chi connectivity index (χ3v) is 7.43. The van der Waals surface area contributed by atoms with Gasteiger partial charge >= 0.3 is 0 Å². The summed E-state index contributed by atoms with van der Waals surface area (Å²) < 4.78 is 0. The van der Waals surface area contributed by atoms with Gasteiger partial charge in [-0.25, -0.2) is 0 Å². The van der Waals surface area contributed by atoms with Crippen molar-refractivity contribution in [1.82, 2.24) is 0 Å². The van der Waals surface area contributed by atoms with Crippen molar-refractivity contribution in [3.8, 4) is 0 Å². The van der Waals surface area contributed by atoms with Crippen molar-refractivity contribution in [2.75, 3.05) is 11.5 Å². The van der Waals surface area contributed by atoms with Crippen LogP contribution in [0.4, 0.5) is 11.4 Å². The van der Waals surface area contributed by atoms with Crippen LogP contribution in [0, 0.1) is 0 Å². The van der Waals surface area contributed by atoms with Gasteiger partial charge in [0.15, 0.2) is 0 Å². The van der Waals surface area contributed by atoms with Gasteiger partial charge in [0.25, 0.3) is 0 Å². The van der Waals surface area contributed by atoms with E-state index in [0.29, 0.717) is 0 Å². The Labute approximate surface area is 217 Å². The first-order chi connectivity index (χ1) is 17.0. The van der Waals surface area contributed by atoms with Gasteiger partial charge in [-0.05, 0) is 91.2 Å². The fraction of sp³-hybridized carbons (Fsp3) is 0.636. The summed E-state index contributed by atoms with van der Waals surface area (Å²) in [4.78, 5) is 0. The van der Waals surface area contributed by atoms with Crippen LogP contribution in [0.3, 0.4) is 0 Å². The van der Waals surface area contributed by atoms with E-state index in [1.807, 2.05) is 0 Å². The summed E-state index contributed by atoms with van der Waals surface area (Å²) in [5, 5.41) is 0. The molecule has 4 N–H and O–H groups in total. The summed E-state index contributed by atoms with van der Waals surface area (Å²) in [6, 6.07) is 9.60. The summed E-state index contributed by atoms with van der Waals surface area (Å²) in [7, 11) is 0. The van der Waals surface area contributed by atoms with Crippen molar-refractivity contribution < 1.29 is 0 Å². The fourth-order valence-corrected chi connectivity index (χ4v) is 5.23. The van der Waals surface area contributed by atoms with Crippen LogP contribution in [0.2, 0.25) is 0 Å². The van der Waals surface area contributed by atoms with Crippen LogP contribution in [-0.4, -0.2) is 0 Å². The molecule has 0 aliphatic heterocycles. The Morgan fingerprint density at radius 1 is 0.429 bits per heavy atom. The SMILES string of the molecule is CCCCCc1cc(Cc2cc(CCCCC)c(N)c(CCCCC)c2)cc(CCCCC)c1N. The highest BCUT2D eigenvalue weighted by Crippen LogP contribution is 2.29. The van der Waals surface area contributed by atoms with Crippen LogP contribution in [-0.2, 0) is 32.1 Å². The largest absolute Gasteiger partial charge is 0.398 e. The van der Waals surface area contributed by atoms with Crippen molar-refractivity contribution in [2.24, 2.45) is 0 Å². The molecule has 0 aliphatic rings. The summed E-state index contributed by atoms with van der Waals surface area (Å²) >= 11 is 0. The van der Waals surface area contributed by atoms with E-state index in [4.69, 9.17) is 11.5 Å². The predicted molar refractivity (Wildman–Crippen MR) is 157 cm³/mol. The second-order valence-electron chi connectivity index (χ2n) is 10.7. The second kappa shape index (κ2) is 16.7. The molecule has 196 valence electrons. The average Bonchev–Trinajstić information content (AvgIpc) is 2.84. The van der Waals surface area contributed by atoms with Crippen molar-refractivity contribution in [2.45, 2.75) is 137 Å². The van der Waals surface area contributed by atoms with Gasteiger partial charge in [0.05, 0.1) is 0 Å². The average molecular weight is 479 g/mol. The molecule has 0 bridgehead atoms. The standard InChI is InChI=1S/C33H54N2/c1-5-9-13-17-28-22-26(23-29(32(28)34)18-14-10-6-2)21-27-24-30(19-15-11-7-3)33(35)31(25-27)20-16-12-8-4/h22-25H,5-21,34-35H2,1-4H3. The van der Waals surface area contributed by atoms with Crippen molar-refractivity contribution >= 4 is 11.4 Å². The van der Waals surface area contributed by atoms with E-state index in [9.17, 15) is 0 Å². The van der Waals surface area contributed by atoms with E-state index in [1.54, 1.807) is 0 Å². The molecule has 0 aromatic heterocycles. The highest BCUT2D eigenvalue weighted by molar-refractivity contribution is 5.59. The number of hydrogen-bond acceptors (Lipinski definition) is 2. The number of unbranched alkanes of at least 4 members (excludes halogenated alkanes) is 8. The molecule has 0 fully saturated rings. The topological polar surface area (TPSA) is 52.0 Å². The maximum atomic E-state index is 6.70. The molecule has 0 radical (unpaired) electrons. The number of anilines is 2. The first-order valence-corrected chi connectivity index (χ1v) is 14.8. The zero-order valence-corrected chi connectivity index (χ0v) is 23.5. The van der Waals surface area contributed by atoms with Gasteiger partial charge in [-0.1, -0.05) is 103 Å². The van der Waals surface area contributed by atoms with Crippen LogP contribution < -0.4 is 11.5 Å². The van der Waals surface area contributed by atoms with Crippen LogP contribution in [0.25, 0.3) is 0 Å². The molecule has 35 heavy (non-hydrogen) atoms. The van der Waals surface area contributed by atoms with Gasteiger partial charge in [-0.2, -0.15) is 0 Å². The minimum absolute atomic E-state index is 0.976. The summed E-state index contributed by atoms with van der Waals surface area (Å²) in [6.45, 7) is 9.08. The molecule has 0 saturated heterocycles. The predicted octanol–water partition coefficient (Wildman–Crippen LogP) is 9.37. The number of rotatable bonds is 18. The van der Waals surface area contributed by atoms with Crippen LogP contribution in [0.5, 0.6) is 0 Å². The smallest absolute Gasteiger partial charge is 0.0379 e. The van der Waals surface area contributed by atoms with E-state index < -0.39 is 0 Å². The van der Waals surface area contributed by atoms with Gasteiger partial charge < -0.3 is 11.5 Å². The minimum atomic E-state index is 0.976. The van der Waals surface area contributed by atoms with E-state index in [-0.39, 0.29) is 0 Å². The van der Waals surface area contributed by atoms with Crippen molar-refractivity contribution in [1.29, 1.82) is 0 Å². The molecule has 2 rings (SSSR count). The molecule has 2 aromatic rings. The lowest BCUT2D eigenvalue weighted by Gasteiger charge is -2.17. The normalized spacial score (nSPS) is 11.3. The Hall–Kier alpha value is -1.96. The molecule has 0 amide bonds. The summed E-state index contributed by atoms with van der Waals surface area (Å²) in [6.07, 6.45) is 20.3. The molecule has 0 heterocycles. The Morgan fingerprint density at radius 3 is 0.914 bits per heavy atom. The van der Waals surface area contributed by atoms with Crippen LogP contribution in [0.15, 0.2) is 24.3 Å². The van der Waals surface area contributed by atoms with Crippen LogP contribution >= 0.6 is 0 Å². The number of benzene rings is 2. The zero-order chi connectivity index (χ0) is 25.5. The fourth-order valence-electron chi connectivity index (χ4n) is 5.23. The molecule has 0 aliphatic carbocycles. The van der Waals surface area contributed by atoms with E-state index in [1.165, 1.54) is 110 Å². The number of aryl methyl sites for hydroxylation is 4. The Morgan fingerprint density at radius 2 is 0.686 bits per heavy atom. The minimum Gasteiger partial charge on any atom is -0.398 e. The van der Waals surface area contributed by atoms with E-state index >= 15 is 0 Å². The van der Waals surface area contributed by atoms with E-state index in [0.717, 1.165) is 43.5 Å². The number of hydrogen-bond donors (Lipinski definition) is 2. The monoisotopic (exact) mass is 478 g/mol. The maximum Gasteiger partial charge on any atom is 0.0379 e. The molecular weight excluding hydrogens is 424 g/mol. The molecule has 0 spiro atoms. The molecular formula is C33H54N2.